The highest BCUT2D eigenvalue weighted by Gasteiger charge is 2.23. The molecule has 1 saturated heterocycles. The average molecular weight is 379 g/mol. The molecule has 0 radical (unpaired) electrons. The van der Waals surface area contributed by atoms with Crippen LogP contribution in [0.15, 0.2) is 39.5 Å². The summed E-state index contributed by atoms with van der Waals surface area (Å²) in [5.41, 5.74) is -0.244. The van der Waals surface area contributed by atoms with Gasteiger partial charge in [-0.15, -0.1) is 0 Å². The summed E-state index contributed by atoms with van der Waals surface area (Å²) in [5, 5.41) is 3.41. The van der Waals surface area contributed by atoms with Gasteiger partial charge in [-0.25, -0.2) is 13.2 Å². The molecule has 3 rings (SSSR count). The van der Waals surface area contributed by atoms with Crippen molar-refractivity contribution in [2.24, 2.45) is 0 Å². The van der Waals surface area contributed by atoms with Crippen LogP contribution in [0.2, 0.25) is 0 Å². The Balaban J connectivity index is 1.54. The highest BCUT2D eigenvalue weighted by atomic mass is 32.2. The smallest absolute Gasteiger partial charge is 0.349 e. The van der Waals surface area contributed by atoms with E-state index in [9.17, 15) is 18.0 Å². The van der Waals surface area contributed by atoms with E-state index in [-0.39, 0.29) is 5.56 Å². The van der Waals surface area contributed by atoms with E-state index in [1.807, 2.05) is 0 Å². The Bertz CT molecular complexity index is 962. The first-order valence-corrected chi connectivity index (χ1v) is 10.2. The number of nitrogens with one attached hydrogen (secondary N) is 1. The van der Waals surface area contributed by atoms with E-state index < -0.39 is 21.6 Å². The molecule has 140 valence electrons. The van der Waals surface area contributed by atoms with E-state index in [1.54, 1.807) is 24.3 Å². The fraction of sp³-hybridized carbons (Fsp3) is 0.412. The molecule has 0 bridgehead atoms. The number of benzene rings is 1. The van der Waals surface area contributed by atoms with Crippen molar-refractivity contribution < 1.29 is 17.6 Å². The summed E-state index contributed by atoms with van der Waals surface area (Å²) in [6.45, 7) is 3.07. The summed E-state index contributed by atoms with van der Waals surface area (Å²) in [6, 6.07) is 8.54. The van der Waals surface area contributed by atoms with Crippen molar-refractivity contribution in [3.05, 3.63) is 46.3 Å². The van der Waals surface area contributed by atoms with E-state index in [4.69, 9.17) is 4.42 Å². The Labute approximate surface area is 151 Å². The van der Waals surface area contributed by atoms with Gasteiger partial charge in [0.15, 0.2) is 0 Å². The summed E-state index contributed by atoms with van der Waals surface area (Å²) in [4.78, 5) is 26.3. The second-order valence-electron chi connectivity index (χ2n) is 6.24. The first kappa shape index (κ1) is 18.6. The van der Waals surface area contributed by atoms with Crippen LogP contribution in [0, 0.1) is 0 Å². The van der Waals surface area contributed by atoms with Crippen LogP contribution >= 0.6 is 0 Å². The molecule has 0 unspecified atom stereocenters. The van der Waals surface area contributed by atoms with Crippen LogP contribution < -0.4 is 10.9 Å². The van der Waals surface area contributed by atoms with Crippen LogP contribution in [0.5, 0.6) is 0 Å². The zero-order chi connectivity index (χ0) is 18.7. The number of amides is 1. The first-order valence-electron chi connectivity index (χ1n) is 8.33. The van der Waals surface area contributed by atoms with E-state index in [0.717, 1.165) is 0 Å². The highest BCUT2D eigenvalue weighted by molar-refractivity contribution is 7.88. The molecule has 0 saturated carbocycles. The molecule has 1 aliphatic heterocycles. The normalized spacial score (nSPS) is 16.7. The third kappa shape index (κ3) is 4.29. The maximum atomic E-state index is 12.3. The van der Waals surface area contributed by atoms with E-state index in [0.29, 0.717) is 50.2 Å². The Hall–Kier alpha value is -2.23. The fourth-order valence-electron chi connectivity index (χ4n) is 2.93. The van der Waals surface area contributed by atoms with Gasteiger partial charge < -0.3 is 9.73 Å². The summed E-state index contributed by atoms with van der Waals surface area (Å²) in [6.07, 6.45) is 1.21. The lowest BCUT2D eigenvalue weighted by molar-refractivity contribution is 0.0941. The minimum absolute atomic E-state index is 0.0226. The molecule has 0 aliphatic carbocycles. The number of piperazine rings is 1. The van der Waals surface area contributed by atoms with Crippen LogP contribution in [0.3, 0.4) is 0 Å². The standard InChI is InChI=1S/C17H21N3O5S/c1-26(23,24)20-10-8-19(9-11-20)7-6-18-16(21)14-12-13-4-2-3-5-15(13)25-17(14)22/h2-5,12H,6-11H2,1H3,(H,18,21). The molecule has 1 N–H and O–H groups in total. The number of nitrogens with zero attached hydrogens (tertiary/aromatic N) is 2. The molecule has 1 aromatic carbocycles. The number of carbonyl (C=O) groups is 1. The van der Waals surface area contributed by atoms with Crippen LogP contribution in [0.4, 0.5) is 0 Å². The summed E-state index contributed by atoms with van der Waals surface area (Å²) in [5.74, 6) is -0.473. The monoisotopic (exact) mass is 379 g/mol. The van der Waals surface area contributed by atoms with Gasteiger partial charge in [-0.3, -0.25) is 9.69 Å². The number of para-hydroxylation sites is 1. The van der Waals surface area contributed by atoms with Gasteiger partial charge in [-0.2, -0.15) is 4.31 Å². The van der Waals surface area contributed by atoms with Gasteiger partial charge in [-0.05, 0) is 12.1 Å². The molecule has 1 aromatic heterocycles. The number of sulfonamides is 1. The first-order chi connectivity index (χ1) is 12.3. The van der Waals surface area contributed by atoms with Crippen molar-refractivity contribution in [1.82, 2.24) is 14.5 Å². The second-order valence-corrected chi connectivity index (χ2v) is 8.23. The van der Waals surface area contributed by atoms with Gasteiger partial charge in [0.2, 0.25) is 10.0 Å². The van der Waals surface area contributed by atoms with Crippen LogP contribution in [-0.2, 0) is 10.0 Å². The zero-order valence-corrected chi connectivity index (χ0v) is 15.3. The van der Waals surface area contributed by atoms with Crippen LogP contribution in [0.1, 0.15) is 10.4 Å². The van der Waals surface area contributed by atoms with Gasteiger partial charge >= 0.3 is 5.63 Å². The third-order valence-electron chi connectivity index (χ3n) is 4.40. The molecule has 1 amide bonds. The zero-order valence-electron chi connectivity index (χ0n) is 14.5. The highest BCUT2D eigenvalue weighted by Crippen LogP contribution is 2.12. The Kier molecular flexibility index (Phi) is 5.40. The molecule has 1 aliphatic rings. The van der Waals surface area contributed by atoms with Crippen molar-refractivity contribution in [3.8, 4) is 0 Å². The Morgan fingerprint density at radius 2 is 1.88 bits per heavy atom. The second kappa shape index (κ2) is 7.56. The minimum Gasteiger partial charge on any atom is -0.422 e. The molecule has 0 spiro atoms. The SMILES string of the molecule is CS(=O)(=O)N1CCN(CCNC(=O)c2cc3ccccc3oc2=O)CC1. The van der Waals surface area contributed by atoms with E-state index >= 15 is 0 Å². The number of rotatable bonds is 5. The summed E-state index contributed by atoms with van der Waals surface area (Å²) in [7, 11) is -3.15. The van der Waals surface area contributed by atoms with Crippen molar-refractivity contribution in [1.29, 1.82) is 0 Å². The van der Waals surface area contributed by atoms with E-state index in [1.165, 1.54) is 16.6 Å². The Morgan fingerprint density at radius 1 is 1.19 bits per heavy atom. The van der Waals surface area contributed by atoms with Gasteiger partial charge in [0.05, 0.1) is 6.26 Å². The molecular formula is C17H21N3O5S. The lowest BCUT2D eigenvalue weighted by Crippen LogP contribution is -2.50. The quantitative estimate of drug-likeness (QED) is 0.740. The van der Waals surface area contributed by atoms with Gasteiger partial charge in [0.25, 0.3) is 5.91 Å². The molecule has 1 fully saturated rings. The average Bonchev–Trinajstić information content (AvgIpc) is 2.60. The summed E-state index contributed by atoms with van der Waals surface area (Å²) < 4.78 is 29.6. The number of fused-ring (bicyclic) bond motifs is 1. The van der Waals surface area contributed by atoms with Crippen molar-refractivity contribution in [2.45, 2.75) is 0 Å². The third-order valence-corrected chi connectivity index (χ3v) is 5.70. The van der Waals surface area contributed by atoms with Gasteiger partial charge in [0.1, 0.15) is 11.1 Å². The molecular weight excluding hydrogens is 358 g/mol. The van der Waals surface area contributed by atoms with Gasteiger partial charge in [-0.1, -0.05) is 18.2 Å². The number of hydrogen-bond donors (Lipinski definition) is 1. The lowest BCUT2D eigenvalue weighted by Gasteiger charge is -2.33. The molecule has 2 aromatic rings. The molecule has 26 heavy (non-hydrogen) atoms. The van der Waals surface area contributed by atoms with Crippen LogP contribution in [0.25, 0.3) is 11.0 Å². The Morgan fingerprint density at radius 3 is 2.58 bits per heavy atom. The predicted octanol–water partition coefficient (Wildman–Crippen LogP) is 0.100. The lowest BCUT2D eigenvalue weighted by atomic mass is 10.2. The number of hydrogen-bond acceptors (Lipinski definition) is 6. The fourth-order valence-corrected chi connectivity index (χ4v) is 3.75. The molecule has 9 heteroatoms. The molecule has 2 heterocycles. The predicted molar refractivity (Wildman–Crippen MR) is 97.7 cm³/mol. The topological polar surface area (TPSA) is 99.9 Å². The maximum absolute atomic E-state index is 12.3. The number of carbonyl (C=O) groups excluding carboxylic acids is 1. The summed E-state index contributed by atoms with van der Waals surface area (Å²) >= 11 is 0. The van der Waals surface area contributed by atoms with Crippen molar-refractivity contribution in [3.63, 3.8) is 0 Å². The minimum atomic E-state index is -3.15. The van der Waals surface area contributed by atoms with Crippen LogP contribution in [-0.4, -0.2) is 69.1 Å². The molecule has 0 atom stereocenters. The van der Waals surface area contributed by atoms with E-state index in [2.05, 4.69) is 10.2 Å². The molecule has 8 nitrogen and oxygen atoms in total. The van der Waals surface area contributed by atoms with Crippen molar-refractivity contribution in [2.75, 3.05) is 45.5 Å². The van der Waals surface area contributed by atoms with Gasteiger partial charge in [0, 0.05) is 44.7 Å². The largest absolute Gasteiger partial charge is 0.422 e. The maximum Gasteiger partial charge on any atom is 0.349 e. The van der Waals surface area contributed by atoms with Crippen molar-refractivity contribution >= 4 is 26.9 Å².